The fraction of sp³-hybridized carbons (Fsp3) is 0. The maximum atomic E-state index is 2.43. The average Bonchev–Trinajstić information content (AvgIpc) is 3.79. The van der Waals surface area contributed by atoms with Crippen LogP contribution in [-0.4, -0.2) is 13.7 Å². The van der Waals surface area contributed by atoms with Crippen molar-refractivity contribution in [2.45, 2.75) is 0 Å². The largest absolute Gasteiger partial charge is 0.310 e. The molecule has 0 saturated heterocycles. The van der Waals surface area contributed by atoms with Gasteiger partial charge in [-0.15, -0.1) is 11.3 Å². The molecule has 8 bridgehead atoms. The van der Waals surface area contributed by atoms with Gasteiger partial charge in [0.2, 0.25) is 0 Å². The molecule has 3 heterocycles. The van der Waals surface area contributed by atoms with E-state index in [0.29, 0.717) is 0 Å². The Morgan fingerprint density at radius 2 is 0.857 bits per heavy atom. The Kier molecular flexibility index (Phi) is 6.80. The molecule has 0 aliphatic carbocycles. The van der Waals surface area contributed by atoms with Crippen LogP contribution in [0.15, 0.2) is 200 Å². The molecule has 12 aromatic rings. The molecule has 0 fully saturated rings. The quantitative estimate of drug-likeness (QED) is 0.172. The maximum Gasteiger partial charge on any atom is 0.0561 e. The Bertz CT molecular complexity index is 3590. The highest BCUT2D eigenvalue weighted by atomic mass is 32.1. The Balaban J connectivity index is 1.23. The summed E-state index contributed by atoms with van der Waals surface area (Å²) >= 11 is 1.86. The fourth-order valence-electron chi connectivity index (χ4n) is 8.91. The van der Waals surface area contributed by atoms with E-state index in [0.717, 1.165) is 44.5 Å². The molecule has 262 valence electrons. The van der Waals surface area contributed by atoms with E-state index >= 15 is 0 Å². The van der Waals surface area contributed by atoms with E-state index in [1.807, 2.05) is 11.3 Å². The lowest BCUT2D eigenvalue weighted by Crippen LogP contribution is -1.99. The minimum absolute atomic E-state index is 1.11. The Hall–Kier alpha value is -7.14. The average molecular weight is 732 g/mol. The zero-order valence-corrected chi connectivity index (χ0v) is 31.1. The third-order valence-electron chi connectivity index (χ3n) is 11.4. The standard InChI is InChI=1S/C52H33N3S/c1-2-15-37(16-3-1)55-49-21-7-6-20-44(49)45-26-23-42(33-50(45)55)53-38-17-8-13-35(29-38)36-14-9-18-39(30-36)54(48-22-10-12-34-11-4-5-19-43(34)48)41-25-28-52-47(32-41)46-31-40(53)24-27-51(46)56-52/h1-33H. The van der Waals surface area contributed by atoms with E-state index in [-0.39, 0.29) is 0 Å². The second-order valence-corrected chi connectivity index (χ2v) is 15.7. The minimum atomic E-state index is 1.11. The lowest BCUT2D eigenvalue weighted by atomic mass is 10.1. The monoisotopic (exact) mass is 731 g/mol. The molecule has 4 heteroatoms. The van der Waals surface area contributed by atoms with E-state index in [9.17, 15) is 0 Å². The van der Waals surface area contributed by atoms with Crippen molar-refractivity contribution in [1.29, 1.82) is 0 Å². The van der Waals surface area contributed by atoms with Crippen molar-refractivity contribution in [2.75, 3.05) is 0 Å². The van der Waals surface area contributed by atoms with Crippen molar-refractivity contribution in [3.05, 3.63) is 200 Å². The number of fused-ring (bicyclic) bond motifs is 11. The summed E-state index contributed by atoms with van der Waals surface area (Å²) in [5, 5.41) is 9.78. The van der Waals surface area contributed by atoms with Gasteiger partial charge in [0.05, 0.1) is 16.7 Å². The summed E-state index contributed by atoms with van der Waals surface area (Å²) in [7, 11) is 0. The molecule has 0 atom stereocenters. The van der Waals surface area contributed by atoms with Gasteiger partial charge in [0.15, 0.2) is 0 Å². The molecule has 12 rings (SSSR count). The number of benzene rings is 9. The number of thiophene rings is 1. The topological polar surface area (TPSA) is 14.8 Å². The zero-order chi connectivity index (χ0) is 36.7. The molecular formula is C52H33N3S. The molecule has 9 aromatic carbocycles. The molecule has 0 unspecified atom stereocenters. The van der Waals surface area contributed by atoms with Gasteiger partial charge in [0, 0.05) is 69.8 Å². The lowest BCUT2D eigenvalue weighted by Gasteiger charge is -2.15. The molecular weight excluding hydrogens is 699 g/mol. The van der Waals surface area contributed by atoms with Crippen LogP contribution >= 0.6 is 11.3 Å². The number of rotatable bonds is 3. The first-order chi connectivity index (χ1) is 27.7. The summed E-state index contributed by atoms with van der Waals surface area (Å²) in [6.45, 7) is 0. The third-order valence-corrected chi connectivity index (χ3v) is 12.6. The van der Waals surface area contributed by atoms with E-state index < -0.39 is 0 Å². The van der Waals surface area contributed by atoms with E-state index in [2.05, 4.69) is 214 Å². The molecule has 0 aliphatic heterocycles. The Morgan fingerprint density at radius 3 is 1.62 bits per heavy atom. The normalized spacial score (nSPS) is 11.9. The molecule has 0 radical (unpaired) electrons. The molecule has 0 N–H and O–H groups in total. The number of hydrogen-bond acceptors (Lipinski definition) is 1. The van der Waals surface area contributed by atoms with Gasteiger partial charge in [0.25, 0.3) is 0 Å². The van der Waals surface area contributed by atoms with E-state index in [1.54, 1.807) is 0 Å². The highest BCUT2D eigenvalue weighted by Crippen LogP contribution is 2.38. The van der Waals surface area contributed by atoms with Crippen molar-refractivity contribution in [3.8, 4) is 17.1 Å². The molecule has 0 spiro atoms. The Labute approximate surface area is 326 Å². The first-order valence-corrected chi connectivity index (χ1v) is 19.9. The Morgan fingerprint density at radius 1 is 0.286 bits per heavy atom. The number of para-hydroxylation sites is 2. The molecule has 3 aromatic heterocycles. The van der Waals surface area contributed by atoms with Crippen LogP contribution < -0.4 is 0 Å². The number of hydrogen-bond donors (Lipinski definition) is 0. The first kappa shape index (κ1) is 31.2. The summed E-state index contributed by atoms with van der Waals surface area (Å²) in [6.07, 6.45) is 0. The second-order valence-electron chi connectivity index (χ2n) is 14.6. The van der Waals surface area contributed by atoms with Gasteiger partial charge in [-0.1, -0.05) is 103 Å². The fourth-order valence-corrected chi connectivity index (χ4v) is 9.98. The van der Waals surface area contributed by atoms with Crippen LogP contribution in [0.5, 0.6) is 0 Å². The van der Waals surface area contributed by atoms with Crippen molar-refractivity contribution >= 4 is 96.9 Å². The number of aromatic nitrogens is 3. The van der Waals surface area contributed by atoms with Crippen molar-refractivity contribution in [3.63, 3.8) is 0 Å². The van der Waals surface area contributed by atoms with Gasteiger partial charge in [-0.2, -0.15) is 0 Å². The minimum Gasteiger partial charge on any atom is -0.310 e. The highest BCUT2D eigenvalue weighted by Gasteiger charge is 2.15. The first-order valence-electron chi connectivity index (χ1n) is 19.1. The van der Waals surface area contributed by atoms with Crippen LogP contribution in [0.4, 0.5) is 0 Å². The summed E-state index contributed by atoms with van der Waals surface area (Å²) < 4.78 is 9.82. The van der Waals surface area contributed by atoms with Crippen LogP contribution in [0.3, 0.4) is 0 Å². The summed E-state index contributed by atoms with van der Waals surface area (Å²) in [5.74, 6) is 0. The molecule has 56 heavy (non-hydrogen) atoms. The maximum absolute atomic E-state index is 2.43. The van der Waals surface area contributed by atoms with Crippen LogP contribution in [-0.2, 0) is 0 Å². The summed E-state index contributed by atoms with van der Waals surface area (Å²) in [4.78, 5) is 0. The molecule has 0 aliphatic rings. The van der Waals surface area contributed by atoms with Crippen molar-refractivity contribution < 1.29 is 0 Å². The molecule has 0 amide bonds. The van der Waals surface area contributed by atoms with Crippen molar-refractivity contribution in [1.82, 2.24) is 13.7 Å². The van der Waals surface area contributed by atoms with Gasteiger partial charge in [0.1, 0.15) is 0 Å². The van der Waals surface area contributed by atoms with Crippen LogP contribution in [0.1, 0.15) is 0 Å². The SMILES string of the molecule is c1ccc(-n2c3ccccc3c3ccc(-n4c5cccc(c5)c5cccc(c5)n(-c5cccc6ccccc56)c5ccc6sc7ccc4cc7c6c5)cc32)cc1. The summed E-state index contributed by atoms with van der Waals surface area (Å²) in [5.41, 5.74) is 10.3. The van der Waals surface area contributed by atoms with Gasteiger partial charge in [-0.3, -0.25) is 0 Å². The van der Waals surface area contributed by atoms with Gasteiger partial charge in [-0.25, -0.2) is 0 Å². The van der Waals surface area contributed by atoms with Gasteiger partial charge in [-0.05, 0) is 113 Å². The van der Waals surface area contributed by atoms with Crippen LogP contribution in [0.2, 0.25) is 0 Å². The smallest absolute Gasteiger partial charge is 0.0561 e. The van der Waals surface area contributed by atoms with Gasteiger partial charge < -0.3 is 13.7 Å². The van der Waals surface area contributed by atoms with Crippen LogP contribution in [0.25, 0.3) is 103 Å². The summed E-state index contributed by atoms with van der Waals surface area (Å²) in [6, 6.07) is 73.7. The molecule has 3 nitrogen and oxygen atoms in total. The predicted octanol–water partition coefficient (Wildman–Crippen LogP) is 14.5. The zero-order valence-electron chi connectivity index (χ0n) is 30.3. The third kappa shape index (κ3) is 4.76. The van der Waals surface area contributed by atoms with Crippen molar-refractivity contribution in [2.24, 2.45) is 0 Å². The second kappa shape index (κ2) is 12.2. The van der Waals surface area contributed by atoms with Crippen LogP contribution in [0, 0.1) is 0 Å². The molecule has 0 saturated carbocycles. The van der Waals surface area contributed by atoms with Gasteiger partial charge >= 0.3 is 0 Å². The van der Waals surface area contributed by atoms with E-state index in [1.165, 1.54) is 58.1 Å². The number of nitrogens with zero attached hydrogens (tertiary/aromatic N) is 3. The lowest BCUT2D eigenvalue weighted by molar-refractivity contribution is 1.14. The van der Waals surface area contributed by atoms with E-state index in [4.69, 9.17) is 0 Å². The predicted molar refractivity (Wildman–Crippen MR) is 240 cm³/mol. The highest BCUT2D eigenvalue weighted by molar-refractivity contribution is 7.25.